The maximum atomic E-state index is 11.6. The van der Waals surface area contributed by atoms with E-state index in [2.05, 4.69) is 17.3 Å². The van der Waals surface area contributed by atoms with Gasteiger partial charge in [0.1, 0.15) is 5.54 Å². The van der Waals surface area contributed by atoms with Gasteiger partial charge in [-0.05, 0) is 46.6 Å². The first kappa shape index (κ1) is 14.5. The van der Waals surface area contributed by atoms with Crippen LogP contribution in [0.1, 0.15) is 40.0 Å². The SMILES string of the molecule is CC(C)NC(C)(CN(C)CC1CCC1)C(N)=O. The zero-order chi connectivity index (χ0) is 13.1. The number of primary amides is 1. The van der Waals surface area contributed by atoms with Crippen molar-refractivity contribution in [2.75, 3.05) is 20.1 Å². The van der Waals surface area contributed by atoms with Gasteiger partial charge in [0, 0.05) is 19.1 Å². The Labute approximate surface area is 105 Å². The van der Waals surface area contributed by atoms with E-state index in [1.165, 1.54) is 19.3 Å². The Balaban J connectivity index is 2.49. The lowest BCUT2D eigenvalue weighted by Crippen LogP contribution is -2.61. The van der Waals surface area contributed by atoms with Crippen molar-refractivity contribution in [2.24, 2.45) is 11.7 Å². The van der Waals surface area contributed by atoms with Crippen LogP contribution in [0.15, 0.2) is 0 Å². The first-order valence-electron chi connectivity index (χ1n) is 6.59. The number of nitrogens with one attached hydrogen (secondary N) is 1. The molecular weight excluding hydrogens is 214 g/mol. The molecule has 1 saturated carbocycles. The van der Waals surface area contributed by atoms with Crippen LogP contribution in [0.25, 0.3) is 0 Å². The Morgan fingerprint density at radius 1 is 1.53 bits per heavy atom. The molecule has 4 nitrogen and oxygen atoms in total. The van der Waals surface area contributed by atoms with E-state index >= 15 is 0 Å². The molecule has 0 saturated heterocycles. The molecule has 100 valence electrons. The summed E-state index contributed by atoms with van der Waals surface area (Å²) in [5, 5.41) is 3.28. The van der Waals surface area contributed by atoms with Crippen LogP contribution in [-0.4, -0.2) is 42.5 Å². The summed E-state index contributed by atoms with van der Waals surface area (Å²) in [6.45, 7) is 7.71. The maximum Gasteiger partial charge on any atom is 0.238 e. The highest BCUT2D eigenvalue weighted by Gasteiger charge is 2.33. The number of likely N-dealkylation sites (N-methyl/N-ethyl adjacent to an activating group) is 1. The smallest absolute Gasteiger partial charge is 0.238 e. The largest absolute Gasteiger partial charge is 0.368 e. The summed E-state index contributed by atoms with van der Waals surface area (Å²) < 4.78 is 0. The molecule has 0 heterocycles. The number of carbonyl (C=O) groups is 1. The van der Waals surface area contributed by atoms with Crippen molar-refractivity contribution < 1.29 is 4.79 Å². The first-order chi connectivity index (χ1) is 7.83. The highest BCUT2D eigenvalue weighted by Crippen LogP contribution is 2.27. The standard InChI is InChI=1S/C13H27N3O/c1-10(2)15-13(3,12(14)17)9-16(4)8-11-6-5-7-11/h10-11,15H,5-9H2,1-4H3,(H2,14,17). The number of nitrogens with zero attached hydrogens (tertiary/aromatic N) is 1. The van der Waals surface area contributed by atoms with Crippen molar-refractivity contribution in [1.82, 2.24) is 10.2 Å². The average Bonchev–Trinajstić information content (AvgIpc) is 2.09. The molecule has 1 atom stereocenters. The summed E-state index contributed by atoms with van der Waals surface area (Å²) in [5.41, 5.74) is 4.88. The second-order valence-corrected chi connectivity index (χ2v) is 5.99. The van der Waals surface area contributed by atoms with E-state index in [9.17, 15) is 4.79 Å². The maximum absolute atomic E-state index is 11.6. The van der Waals surface area contributed by atoms with Crippen molar-refractivity contribution in [3.8, 4) is 0 Å². The lowest BCUT2D eigenvalue weighted by molar-refractivity contribution is -0.124. The van der Waals surface area contributed by atoms with E-state index in [1.807, 2.05) is 20.8 Å². The highest BCUT2D eigenvalue weighted by atomic mass is 16.1. The fraction of sp³-hybridized carbons (Fsp3) is 0.923. The summed E-state index contributed by atoms with van der Waals surface area (Å²) >= 11 is 0. The van der Waals surface area contributed by atoms with Gasteiger partial charge < -0.3 is 16.0 Å². The summed E-state index contributed by atoms with van der Waals surface area (Å²) in [6.07, 6.45) is 4.01. The van der Waals surface area contributed by atoms with Gasteiger partial charge in [-0.25, -0.2) is 0 Å². The van der Waals surface area contributed by atoms with E-state index in [-0.39, 0.29) is 11.9 Å². The lowest BCUT2D eigenvalue weighted by Gasteiger charge is -2.36. The van der Waals surface area contributed by atoms with Crippen LogP contribution >= 0.6 is 0 Å². The molecule has 1 amide bonds. The molecule has 0 aliphatic heterocycles. The predicted molar refractivity (Wildman–Crippen MR) is 70.7 cm³/mol. The third-order valence-electron chi connectivity index (χ3n) is 3.53. The van der Waals surface area contributed by atoms with Gasteiger partial charge in [-0.1, -0.05) is 6.42 Å². The number of hydrogen-bond donors (Lipinski definition) is 2. The molecule has 3 N–H and O–H groups in total. The third-order valence-corrected chi connectivity index (χ3v) is 3.53. The molecule has 1 fully saturated rings. The minimum atomic E-state index is -0.632. The Hall–Kier alpha value is -0.610. The van der Waals surface area contributed by atoms with Crippen LogP contribution in [0.2, 0.25) is 0 Å². The normalized spacial score (nSPS) is 20.4. The molecular formula is C13H27N3O. The predicted octanol–water partition coefficient (Wildman–Crippen LogP) is 0.960. The van der Waals surface area contributed by atoms with E-state index in [4.69, 9.17) is 5.73 Å². The molecule has 17 heavy (non-hydrogen) atoms. The van der Waals surface area contributed by atoms with E-state index in [1.54, 1.807) is 0 Å². The van der Waals surface area contributed by atoms with Crippen LogP contribution in [0.5, 0.6) is 0 Å². The highest BCUT2D eigenvalue weighted by molar-refractivity contribution is 5.84. The van der Waals surface area contributed by atoms with Gasteiger partial charge in [0.2, 0.25) is 5.91 Å². The van der Waals surface area contributed by atoms with Gasteiger partial charge in [-0.3, -0.25) is 4.79 Å². The van der Waals surface area contributed by atoms with Gasteiger partial charge >= 0.3 is 0 Å². The fourth-order valence-electron chi connectivity index (χ4n) is 2.55. The van der Waals surface area contributed by atoms with Crippen molar-refractivity contribution in [3.05, 3.63) is 0 Å². The molecule has 0 aromatic rings. The zero-order valence-electron chi connectivity index (χ0n) is 11.6. The molecule has 4 heteroatoms. The fourth-order valence-corrected chi connectivity index (χ4v) is 2.55. The molecule has 1 aliphatic rings. The van der Waals surface area contributed by atoms with Gasteiger partial charge in [-0.15, -0.1) is 0 Å². The lowest BCUT2D eigenvalue weighted by atomic mass is 9.85. The van der Waals surface area contributed by atoms with Gasteiger partial charge in [0.15, 0.2) is 0 Å². The first-order valence-corrected chi connectivity index (χ1v) is 6.59. The number of nitrogens with two attached hydrogens (primary N) is 1. The summed E-state index contributed by atoms with van der Waals surface area (Å²) in [5.74, 6) is 0.544. The molecule has 0 aromatic carbocycles. The molecule has 0 spiro atoms. The Morgan fingerprint density at radius 3 is 2.47 bits per heavy atom. The summed E-state index contributed by atoms with van der Waals surface area (Å²) in [6, 6.07) is 0.254. The Bertz CT molecular complexity index is 263. The minimum absolute atomic E-state index is 0.254. The van der Waals surface area contributed by atoms with Crippen molar-refractivity contribution in [1.29, 1.82) is 0 Å². The topological polar surface area (TPSA) is 58.4 Å². The van der Waals surface area contributed by atoms with Gasteiger partial charge in [0.05, 0.1) is 0 Å². The van der Waals surface area contributed by atoms with Crippen LogP contribution in [0.3, 0.4) is 0 Å². The second kappa shape index (κ2) is 5.83. The number of amides is 1. The quantitative estimate of drug-likeness (QED) is 0.698. The van der Waals surface area contributed by atoms with E-state index < -0.39 is 5.54 Å². The van der Waals surface area contributed by atoms with Crippen LogP contribution in [0.4, 0.5) is 0 Å². The molecule has 1 aliphatic carbocycles. The zero-order valence-corrected chi connectivity index (χ0v) is 11.6. The number of rotatable bonds is 7. The van der Waals surface area contributed by atoms with Gasteiger partial charge in [0.25, 0.3) is 0 Å². The Morgan fingerprint density at radius 2 is 2.12 bits per heavy atom. The number of carbonyl (C=O) groups excluding carboxylic acids is 1. The van der Waals surface area contributed by atoms with Gasteiger partial charge in [-0.2, -0.15) is 0 Å². The monoisotopic (exact) mass is 241 g/mol. The van der Waals surface area contributed by atoms with E-state index in [0.717, 1.165) is 12.5 Å². The van der Waals surface area contributed by atoms with Crippen molar-refractivity contribution in [3.63, 3.8) is 0 Å². The third kappa shape index (κ3) is 4.28. The van der Waals surface area contributed by atoms with Crippen molar-refractivity contribution >= 4 is 5.91 Å². The van der Waals surface area contributed by atoms with E-state index in [0.29, 0.717) is 6.54 Å². The van der Waals surface area contributed by atoms with Crippen LogP contribution in [-0.2, 0) is 4.79 Å². The van der Waals surface area contributed by atoms with Crippen LogP contribution < -0.4 is 11.1 Å². The molecule has 1 unspecified atom stereocenters. The average molecular weight is 241 g/mol. The Kier molecular flexibility index (Phi) is 4.95. The number of hydrogen-bond acceptors (Lipinski definition) is 3. The molecule has 0 radical (unpaired) electrons. The minimum Gasteiger partial charge on any atom is -0.368 e. The summed E-state index contributed by atoms with van der Waals surface area (Å²) in [7, 11) is 2.07. The van der Waals surface area contributed by atoms with Crippen molar-refractivity contribution in [2.45, 2.75) is 51.6 Å². The molecule has 1 rings (SSSR count). The second-order valence-electron chi connectivity index (χ2n) is 5.99. The molecule has 0 aromatic heterocycles. The summed E-state index contributed by atoms with van der Waals surface area (Å²) in [4.78, 5) is 13.8. The molecule has 0 bridgehead atoms. The van der Waals surface area contributed by atoms with Crippen LogP contribution in [0, 0.1) is 5.92 Å².